The van der Waals surface area contributed by atoms with Crippen LogP contribution in [0.5, 0.6) is 11.5 Å². The summed E-state index contributed by atoms with van der Waals surface area (Å²) in [5.74, 6) is 0.967. The number of carbonyl (C=O) groups excluding carboxylic acids is 2. The summed E-state index contributed by atoms with van der Waals surface area (Å²) in [5.41, 5.74) is 1.04. The van der Waals surface area contributed by atoms with Gasteiger partial charge in [-0.25, -0.2) is 0 Å². The highest BCUT2D eigenvalue weighted by molar-refractivity contribution is 5.69. The summed E-state index contributed by atoms with van der Waals surface area (Å²) in [6.07, 6.45) is 44.6. The topological polar surface area (TPSA) is 74.3 Å². The molecule has 0 N–H and O–H groups in total. The van der Waals surface area contributed by atoms with E-state index < -0.39 is 0 Å². The Kier molecular flexibility index (Phi) is 34.9. The first-order valence-electron chi connectivity index (χ1n) is 22.4. The van der Waals surface area contributed by atoms with Crippen molar-refractivity contribution in [1.82, 2.24) is 4.90 Å². The molecule has 0 fully saturated rings. The molecule has 0 aliphatic rings. The van der Waals surface area contributed by atoms with E-state index in [-0.39, 0.29) is 38.4 Å². The molecule has 0 heterocycles. The van der Waals surface area contributed by atoms with Gasteiger partial charge in [-0.1, -0.05) is 127 Å². The lowest BCUT2D eigenvalue weighted by Crippen LogP contribution is -2.14. The molecule has 0 aromatic heterocycles. The van der Waals surface area contributed by atoms with Gasteiger partial charge in [-0.3, -0.25) is 9.59 Å². The van der Waals surface area contributed by atoms with Crippen LogP contribution in [0.25, 0.3) is 0 Å². The second kappa shape index (κ2) is 38.5. The average molecular weight is 780 g/mol. The molecular weight excluding hydrogens is 699 g/mol. The molecule has 0 radical (unpaired) electrons. The van der Waals surface area contributed by atoms with Crippen LogP contribution < -0.4 is 9.47 Å². The Balaban J connectivity index is 2.16. The molecule has 1 aromatic carbocycles. The first-order valence-corrected chi connectivity index (χ1v) is 22.4. The second-order valence-electron chi connectivity index (χ2n) is 15.1. The third-order valence-corrected chi connectivity index (χ3v) is 9.33. The lowest BCUT2D eigenvalue weighted by atomic mass is 10.1. The maximum absolute atomic E-state index is 12.2. The van der Waals surface area contributed by atoms with Crippen LogP contribution in [-0.4, -0.2) is 57.4 Å². The summed E-state index contributed by atoms with van der Waals surface area (Å²) in [7, 11) is 4.02. The maximum atomic E-state index is 12.2. The Labute approximate surface area is 343 Å². The summed E-state index contributed by atoms with van der Waals surface area (Å²) in [6.45, 7) is 6.15. The third kappa shape index (κ3) is 34.0. The molecule has 0 unspecified atom stereocenters. The van der Waals surface area contributed by atoms with E-state index >= 15 is 0 Å². The predicted octanol–water partition coefficient (Wildman–Crippen LogP) is 13.2. The van der Waals surface area contributed by atoms with E-state index in [0.717, 1.165) is 76.3 Å². The molecule has 0 saturated carbocycles. The van der Waals surface area contributed by atoms with Gasteiger partial charge in [0, 0.05) is 25.5 Å². The summed E-state index contributed by atoms with van der Waals surface area (Å²) < 4.78 is 22.7. The smallest absolute Gasteiger partial charge is 0.305 e. The minimum atomic E-state index is -0.172. The average Bonchev–Trinajstić information content (AvgIpc) is 3.18. The van der Waals surface area contributed by atoms with Gasteiger partial charge in [-0.05, 0) is 109 Å². The Bertz CT molecular complexity index is 1120. The third-order valence-electron chi connectivity index (χ3n) is 9.33. The highest BCUT2D eigenvalue weighted by atomic mass is 16.6. The van der Waals surface area contributed by atoms with Crippen LogP contribution in [0.1, 0.15) is 174 Å². The van der Waals surface area contributed by atoms with E-state index in [9.17, 15) is 9.59 Å². The summed E-state index contributed by atoms with van der Waals surface area (Å²) in [6, 6.07) is 5.78. The molecule has 0 aliphatic carbocycles. The first kappa shape index (κ1) is 50.7. The van der Waals surface area contributed by atoms with Crippen molar-refractivity contribution in [3.05, 3.63) is 72.4 Å². The van der Waals surface area contributed by atoms with Gasteiger partial charge in [-0.15, -0.1) is 0 Å². The zero-order chi connectivity index (χ0) is 40.6. The van der Waals surface area contributed by atoms with Crippen molar-refractivity contribution in [1.29, 1.82) is 0 Å². The van der Waals surface area contributed by atoms with Crippen molar-refractivity contribution in [3.8, 4) is 11.5 Å². The van der Waals surface area contributed by atoms with Gasteiger partial charge >= 0.3 is 11.9 Å². The quantitative estimate of drug-likeness (QED) is 0.0376. The van der Waals surface area contributed by atoms with Crippen LogP contribution in [0.15, 0.2) is 66.8 Å². The predicted molar refractivity (Wildman–Crippen MR) is 235 cm³/mol. The standard InChI is InChI=1S/C49H81NO6/c1-5-7-9-11-13-15-17-19-21-23-25-27-29-31-33-35-48(51)55-39-37-53-46-41-45(44-50(3)4)42-47(43-46)54-38-40-56-49(52)36-34-32-30-28-26-24-22-20-18-16-14-12-10-8-6-2/h13-16,19-22,41-43H,5-12,17-18,23-40,44H2,1-4H3. The van der Waals surface area contributed by atoms with E-state index in [1.165, 1.54) is 77.0 Å². The SMILES string of the molecule is CCCCCC=CCC=CCCCCCCCC(=O)OCCOc1cc(CN(C)C)cc(OCCOC(=O)CCCCCCCC=CCC=CCCCCC)c1. The fourth-order valence-corrected chi connectivity index (χ4v) is 6.19. The van der Waals surface area contributed by atoms with Gasteiger partial charge < -0.3 is 23.8 Å². The number of ether oxygens (including phenoxy) is 4. The Morgan fingerprint density at radius 2 is 0.857 bits per heavy atom. The van der Waals surface area contributed by atoms with E-state index in [2.05, 4.69) is 67.4 Å². The first-order chi connectivity index (χ1) is 27.4. The summed E-state index contributed by atoms with van der Waals surface area (Å²) in [4.78, 5) is 26.5. The highest BCUT2D eigenvalue weighted by Crippen LogP contribution is 2.24. The number of benzene rings is 1. The van der Waals surface area contributed by atoms with Crippen LogP contribution in [0, 0.1) is 0 Å². The van der Waals surface area contributed by atoms with E-state index in [0.29, 0.717) is 24.3 Å². The van der Waals surface area contributed by atoms with E-state index in [4.69, 9.17) is 18.9 Å². The minimum Gasteiger partial charge on any atom is -0.490 e. The van der Waals surface area contributed by atoms with Gasteiger partial charge in [-0.2, -0.15) is 0 Å². The molecule has 318 valence electrons. The second-order valence-corrected chi connectivity index (χ2v) is 15.1. The Morgan fingerprint density at radius 1 is 0.482 bits per heavy atom. The van der Waals surface area contributed by atoms with Gasteiger partial charge in [0.05, 0.1) is 0 Å². The van der Waals surface area contributed by atoms with Crippen molar-refractivity contribution in [2.24, 2.45) is 0 Å². The molecule has 1 rings (SSSR count). The number of unbranched alkanes of at least 4 members (excludes halogenated alkanes) is 16. The Hall–Kier alpha value is -3.32. The normalized spacial score (nSPS) is 11.9. The number of carbonyl (C=O) groups is 2. The van der Waals surface area contributed by atoms with Crippen molar-refractivity contribution >= 4 is 11.9 Å². The number of nitrogens with zero attached hydrogens (tertiary/aromatic N) is 1. The number of esters is 2. The largest absolute Gasteiger partial charge is 0.490 e. The number of hydrogen-bond acceptors (Lipinski definition) is 7. The molecule has 0 aliphatic heterocycles. The molecule has 0 bridgehead atoms. The van der Waals surface area contributed by atoms with Gasteiger partial charge in [0.1, 0.15) is 37.9 Å². The molecule has 56 heavy (non-hydrogen) atoms. The molecule has 7 heteroatoms. The zero-order valence-corrected chi connectivity index (χ0v) is 36.3. The molecular formula is C49H81NO6. The molecule has 1 aromatic rings. The number of allylic oxidation sites excluding steroid dienone is 8. The fourth-order valence-electron chi connectivity index (χ4n) is 6.19. The zero-order valence-electron chi connectivity index (χ0n) is 36.3. The van der Waals surface area contributed by atoms with Crippen molar-refractivity contribution in [3.63, 3.8) is 0 Å². The summed E-state index contributed by atoms with van der Waals surface area (Å²) in [5, 5.41) is 0. The van der Waals surface area contributed by atoms with Gasteiger partial charge in [0.15, 0.2) is 0 Å². The molecule has 0 spiro atoms. The number of hydrogen-bond donors (Lipinski definition) is 0. The van der Waals surface area contributed by atoms with Crippen LogP contribution in [-0.2, 0) is 25.6 Å². The molecule has 0 amide bonds. The highest BCUT2D eigenvalue weighted by Gasteiger charge is 2.08. The van der Waals surface area contributed by atoms with Gasteiger partial charge in [0.2, 0.25) is 0 Å². The lowest BCUT2D eigenvalue weighted by Gasteiger charge is -2.15. The minimum absolute atomic E-state index is 0.172. The van der Waals surface area contributed by atoms with Crippen LogP contribution >= 0.6 is 0 Å². The van der Waals surface area contributed by atoms with Crippen molar-refractivity contribution < 1.29 is 28.5 Å². The van der Waals surface area contributed by atoms with Crippen molar-refractivity contribution in [2.75, 3.05) is 40.5 Å². The monoisotopic (exact) mass is 780 g/mol. The fraction of sp³-hybridized carbons (Fsp3) is 0.673. The Morgan fingerprint density at radius 3 is 1.25 bits per heavy atom. The van der Waals surface area contributed by atoms with E-state index in [1.807, 2.05) is 32.3 Å². The van der Waals surface area contributed by atoms with Crippen LogP contribution in [0.4, 0.5) is 0 Å². The molecule has 0 atom stereocenters. The van der Waals surface area contributed by atoms with Crippen molar-refractivity contribution in [2.45, 2.75) is 174 Å². The lowest BCUT2D eigenvalue weighted by molar-refractivity contribution is -0.145. The maximum Gasteiger partial charge on any atom is 0.305 e. The molecule has 0 saturated heterocycles. The summed E-state index contributed by atoms with van der Waals surface area (Å²) >= 11 is 0. The number of rotatable bonds is 38. The van der Waals surface area contributed by atoms with Crippen LogP contribution in [0.2, 0.25) is 0 Å². The van der Waals surface area contributed by atoms with Crippen LogP contribution in [0.3, 0.4) is 0 Å². The van der Waals surface area contributed by atoms with E-state index in [1.54, 1.807) is 0 Å². The van der Waals surface area contributed by atoms with Gasteiger partial charge in [0.25, 0.3) is 0 Å². The molecule has 7 nitrogen and oxygen atoms in total.